The molecule has 32 heavy (non-hydrogen) atoms. The Labute approximate surface area is 184 Å². The van der Waals surface area contributed by atoms with Crippen molar-refractivity contribution in [1.29, 1.82) is 0 Å². The summed E-state index contributed by atoms with van der Waals surface area (Å²) in [5.74, 6) is -0.640. The van der Waals surface area contributed by atoms with Gasteiger partial charge in [0.2, 0.25) is 5.91 Å². The van der Waals surface area contributed by atoms with E-state index in [0.717, 1.165) is 0 Å². The lowest BCUT2D eigenvalue weighted by molar-refractivity contribution is -0.136. The van der Waals surface area contributed by atoms with Crippen molar-refractivity contribution in [3.05, 3.63) is 52.6 Å². The largest absolute Gasteiger partial charge is 0.481 e. The number of aliphatic carboxylic acids is 1. The number of hydrogen-bond acceptors (Lipinski definition) is 7. The number of nitrogens with one attached hydrogen (secondary N) is 1. The molecule has 0 aliphatic heterocycles. The number of carboxylic acids is 1. The van der Waals surface area contributed by atoms with Gasteiger partial charge in [0.15, 0.2) is 11.5 Å². The number of carbonyl (C=O) groups excluding carboxylic acids is 1. The summed E-state index contributed by atoms with van der Waals surface area (Å²) >= 11 is 0. The van der Waals surface area contributed by atoms with Gasteiger partial charge in [0, 0.05) is 26.2 Å². The van der Waals surface area contributed by atoms with Crippen LogP contribution in [0.4, 0.5) is 11.6 Å². The van der Waals surface area contributed by atoms with Crippen LogP contribution in [0.2, 0.25) is 0 Å². The first-order chi connectivity index (χ1) is 15.4. The fourth-order valence-electron chi connectivity index (χ4n) is 3.42. The Kier molecular flexibility index (Phi) is 7.14. The molecule has 2 N–H and O–H groups in total. The maximum absolute atomic E-state index is 13.4. The molecule has 1 amide bonds. The standard InChI is InChI=1S/C22H26N6O4/c1-4-16(14-8-6-7-12-23-14)28-21-15(9-10-17(26-21)27(3)18(29)5-2)25-20(22(28)32)24-13-11-19(30)31/h6-10,12,16H,4-5,11,13H2,1-3H3,(H,24,25)(H,30,31). The van der Waals surface area contributed by atoms with Crippen LogP contribution >= 0.6 is 0 Å². The highest BCUT2D eigenvalue weighted by Crippen LogP contribution is 2.24. The zero-order valence-corrected chi connectivity index (χ0v) is 18.3. The van der Waals surface area contributed by atoms with Crippen LogP contribution in [0, 0.1) is 0 Å². The average Bonchev–Trinajstić information content (AvgIpc) is 2.80. The van der Waals surface area contributed by atoms with Gasteiger partial charge in [0.25, 0.3) is 5.56 Å². The number of anilines is 2. The van der Waals surface area contributed by atoms with E-state index in [1.54, 1.807) is 38.4 Å². The third-order valence-electron chi connectivity index (χ3n) is 5.10. The Morgan fingerprint density at radius 2 is 1.97 bits per heavy atom. The van der Waals surface area contributed by atoms with Crippen LogP contribution in [0.1, 0.15) is 44.8 Å². The zero-order chi connectivity index (χ0) is 23.3. The molecule has 168 valence electrons. The number of amides is 1. The minimum Gasteiger partial charge on any atom is -0.481 e. The first-order valence-corrected chi connectivity index (χ1v) is 10.4. The molecule has 1 atom stereocenters. The molecule has 3 aromatic heterocycles. The van der Waals surface area contributed by atoms with E-state index in [1.807, 2.05) is 19.1 Å². The lowest BCUT2D eigenvalue weighted by Gasteiger charge is -2.22. The molecule has 10 nitrogen and oxygen atoms in total. The molecule has 0 aliphatic carbocycles. The Morgan fingerprint density at radius 3 is 2.59 bits per heavy atom. The van der Waals surface area contributed by atoms with Crippen LogP contribution in [-0.2, 0) is 9.59 Å². The fourth-order valence-corrected chi connectivity index (χ4v) is 3.42. The van der Waals surface area contributed by atoms with E-state index in [2.05, 4.69) is 20.3 Å². The van der Waals surface area contributed by atoms with Gasteiger partial charge in [-0.3, -0.25) is 28.8 Å². The molecule has 0 radical (unpaired) electrons. The summed E-state index contributed by atoms with van der Waals surface area (Å²) in [5.41, 5.74) is 1.02. The molecular weight excluding hydrogens is 412 g/mol. The second-order valence-electron chi connectivity index (χ2n) is 7.20. The highest BCUT2D eigenvalue weighted by atomic mass is 16.4. The second kappa shape index (κ2) is 9.99. The molecule has 1 unspecified atom stereocenters. The minimum atomic E-state index is -0.978. The SMILES string of the molecule is CCC(=O)N(C)c1ccc2nc(NCCC(=O)O)c(=O)n(C(CC)c3ccccn3)c2n1. The van der Waals surface area contributed by atoms with E-state index < -0.39 is 17.6 Å². The number of aromatic nitrogens is 4. The van der Waals surface area contributed by atoms with Crippen LogP contribution in [0.5, 0.6) is 0 Å². The monoisotopic (exact) mass is 438 g/mol. The number of carbonyl (C=O) groups is 2. The van der Waals surface area contributed by atoms with Crippen molar-refractivity contribution in [2.45, 2.75) is 39.2 Å². The number of pyridine rings is 2. The van der Waals surface area contributed by atoms with Gasteiger partial charge in [-0.1, -0.05) is 19.9 Å². The molecular formula is C22H26N6O4. The van der Waals surface area contributed by atoms with Gasteiger partial charge in [-0.05, 0) is 30.7 Å². The smallest absolute Gasteiger partial charge is 0.305 e. The summed E-state index contributed by atoms with van der Waals surface area (Å²) in [7, 11) is 1.63. The van der Waals surface area contributed by atoms with Gasteiger partial charge in [0.05, 0.1) is 18.2 Å². The van der Waals surface area contributed by atoms with Gasteiger partial charge >= 0.3 is 5.97 Å². The Bertz CT molecular complexity index is 1180. The molecule has 0 aromatic carbocycles. The Morgan fingerprint density at radius 1 is 1.19 bits per heavy atom. The zero-order valence-electron chi connectivity index (χ0n) is 18.3. The molecule has 10 heteroatoms. The number of carboxylic acid groups (broad SMARTS) is 1. The first kappa shape index (κ1) is 22.9. The van der Waals surface area contributed by atoms with Crippen molar-refractivity contribution in [3.8, 4) is 0 Å². The molecule has 0 bridgehead atoms. The average molecular weight is 438 g/mol. The molecule has 3 heterocycles. The van der Waals surface area contributed by atoms with Crippen LogP contribution in [0.3, 0.4) is 0 Å². The fraction of sp³-hybridized carbons (Fsp3) is 0.364. The number of hydrogen-bond donors (Lipinski definition) is 2. The summed E-state index contributed by atoms with van der Waals surface area (Å²) < 4.78 is 1.52. The molecule has 0 fully saturated rings. The molecule has 0 saturated carbocycles. The quantitative estimate of drug-likeness (QED) is 0.521. The van der Waals surface area contributed by atoms with Crippen molar-refractivity contribution >= 4 is 34.7 Å². The second-order valence-corrected chi connectivity index (χ2v) is 7.20. The lowest BCUT2D eigenvalue weighted by Crippen LogP contribution is -2.31. The van der Waals surface area contributed by atoms with E-state index >= 15 is 0 Å². The van der Waals surface area contributed by atoms with Crippen LogP contribution in [0.25, 0.3) is 11.2 Å². The van der Waals surface area contributed by atoms with Crippen molar-refractivity contribution in [3.63, 3.8) is 0 Å². The molecule has 0 saturated heterocycles. The van der Waals surface area contributed by atoms with E-state index in [-0.39, 0.29) is 24.7 Å². The number of nitrogens with zero attached hydrogens (tertiary/aromatic N) is 5. The Hall–Kier alpha value is -3.82. The number of rotatable bonds is 9. The van der Waals surface area contributed by atoms with Crippen molar-refractivity contribution in [2.24, 2.45) is 0 Å². The third-order valence-corrected chi connectivity index (χ3v) is 5.10. The molecule has 0 aliphatic rings. The van der Waals surface area contributed by atoms with Crippen molar-refractivity contribution in [2.75, 3.05) is 23.8 Å². The summed E-state index contributed by atoms with van der Waals surface area (Å²) in [6.45, 7) is 3.76. The minimum absolute atomic E-state index is 0.0423. The predicted octanol–water partition coefficient (Wildman–Crippen LogP) is 2.45. The van der Waals surface area contributed by atoms with Crippen LogP contribution < -0.4 is 15.8 Å². The molecule has 3 rings (SSSR count). The lowest BCUT2D eigenvalue weighted by atomic mass is 10.1. The van der Waals surface area contributed by atoms with Crippen LogP contribution in [-0.4, -0.2) is 50.1 Å². The van der Waals surface area contributed by atoms with Crippen molar-refractivity contribution < 1.29 is 14.7 Å². The van der Waals surface area contributed by atoms with Gasteiger partial charge in [0.1, 0.15) is 11.3 Å². The summed E-state index contributed by atoms with van der Waals surface area (Å²) in [4.78, 5) is 51.3. The van der Waals surface area contributed by atoms with E-state index in [1.165, 1.54) is 9.47 Å². The molecule has 3 aromatic rings. The van der Waals surface area contributed by atoms with E-state index in [4.69, 9.17) is 5.11 Å². The topological polar surface area (TPSA) is 130 Å². The molecule has 0 spiro atoms. The predicted molar refractivity (Wildman–Crippen MR) is 121 cm³/mol. The van der Waals surface area contributed by atoms with Gasteiger partial charge in [-0.15, -0.1) is 0 Å². The third kappa shape index (κ3) is 4.74. The maximum atomic E-state index is 13.4. The van der Waals surface area contributed by atoms with Crippen molar-refractivity contribution in [1.82, 2.24) is 19.5 Å². The van der Waals surface area contributed by atoms with Gasteiger partial charge < -0.3 is 10.4 Å². The van der Waals surface area contributed by atoms with Gasteiger partial charge in [-0.2, -0.15) is 0 Å². The van der Waals surface area contributed by atoms with Crippen LogP contribution in [0.15, 0.2) is 41.3 Å². The first-order valence-electron chi connectivity index (χ1n) is 10.4. The van der Waals surface area contributed by atoms with E-state index in [9.17, 15) is 14.4 Å². The summed E-state index contributed by atoms with van der Waals surface area (Å²) in [6.07, 6.45) is 2.38. The summed E-state index contributed by atoms with van der Waals surface area (Å²) in [5, 5.41) is 11.7. The highest BCUT2D eigenvalue weighted by molar-refractivity contribution is 5.92. The van der Waals surface area contributed by atoms with E-state index in [0.29, 0.717) is 35.5 Å². The maximum Gasteiger partial charge on any atom is 0.305 e. The number of fused-ring (bicyclic) bond motifs is 1. The highest BCUT2D eigenvalue weighted by Gasteiger charge is 2.22. The normalized spacial score (nSPS) is 11.8. The summed E-state index contributed by atoms with van der Waals surface area (Å²) in [6, 6.07) is 8.41. The Balaban J connectivity index is 2.22. The van der Waals surface area contributed by atoms with Gasteiger partial charge in [-0.25, -0.2) is 9.97 Å².